The van der Waals surface area contributed by atoms with Crippen molar-refractivity contribution in [3.63, 3.8) is 0 Å². The lowest BCUT2D eigenvalue weighted by Gasteiger charge is -2.12. The highest BCUT2D eigenvalue weighted by Crippen LogP contribution is 2.26. The van der Waals surface area contributed by atoms with Crippen LogP contribution in [0.1, 0.15) is 33.8 Å². The van der Waals surface area contributed by atoms with Gasteiger partial charge in [-0.2, -0.15) is 0 Å². The summed E-state index contributed by atoms with van der Waals surface area (Å²) in [6.07, 6.45) is 0.932. The maximum atomic E-state index is 13.6. The van der Waals surface area contributed by atoms with Crippen LogP contribution >= 0.6 is 0 Å². The van der Waals surface area contributed by atoms with E-state index in [1.807, 2.05) is 0 Å². The quantitative estimate of drug-likeness (QED) is 0.805. The molecule has 1 saturated heterocycles. The standard InChI is InChI=1S/C12H14FNO2/c1-7-10(12(15)16)4-9(5-11(7)13)8-2-3-14-6-8/h4-5,8,14H,2-3,6H2,1H3,(H,15,16). The van der Waals surface area contributed by atoms with Gasteiger partial charge in [-0.3, -0.25) is 0 Å². The van der Waals surface area contributed by atoms with Gasteiger partial charge in [0.1, 0.15) is 5.82 Å². The largest absolute Gasteiger partial charge is 0.478 e. The summed E-state index contributed by atoms with van der Waals surface area (Å²) < 4.78 is 13.6. The molecular formula is C12H14FNO2. The molecule has 2 rings (SSSR count). The highest BCUT2D eigenvalue weighted by molar-refractivity contribution is 5.89. The van der Waals surface area contributed by atoms with Crippen molar-refractivity contribution < 1.29 is 14.3 Å². The summed E-state index contributed by atoms with van der Waals surface area (Å²) in [5.74, 6) is -1.26. The molecule has 0 aromatic heterocycles. The summed E-state index contributed by atoms with van der Waals surface area (Å²) in [6, 6.07) is 3.05. The van der Waals surface area contributed by atoms with Crippen LogP contribution in [0.3, 0.4) is 0 Å². The predicted molar refractivity (Wildman–Crippen MR) is 58.3 cm³/mol. The Morgan fingerprint density at radius 3 is 2.88 bits per heavy atom. The lowest BCUT2D eigenvalue weighted by atomic mass is 9.94. The molecule has 1 aliphatic heterocycles. The first kappa shape index (κ1) is 11.1. The number of rotatable bonds is 2. The van der Waals surface area contributed by atoms with Gasteiger partial charge in [0.15, 0.2) is 0 Å². The van der Waals surface area contributed by atoms with Crippen LogP contribution in [0.15, 0.2) is 12.1 Å². The number of carboxylic acids is 1. The van der Waals surface area contributed by atoms with Crippen LogP contribution in [0.25, 0.3) is 0 Å². The first-order valence-corrected chi connectivity index (χ1v) is 5.33. The Balaban J connectivity index is 2.43. The summed E-state index contributed by atoms with van der Waals surface area (Å²) in [5, 5.41) is 12.2. The normalized spacial score (nSPS) is 20.0. The molecule has 0 bridgehead atoms. The molecule has 1 aromatic carbocycles. The minimum Gasteiger partial charge on any atom is -0.478 e. The summed E-state index contributed by atoms with van der Waals surface area (Å²) in [6.45, 7) is 3.19. The van der Waals surface area contributed by atoms with E-state index in [1.54, 1.807) is 6.07 Å². The molecule has 3 nitrogen and oxygen atoms in total. The van der Waals surface area contributed by atoms with Gasteiger partial charge in [-0.25, -0.2) is 9.18 Å². The number of hydrogen-bond acceptors (Lipinski definition) is 2. The average molecular weight is 223 g/mol. The number of carboxylic acid groups (broad SMARTS) is 1. The second-order valence-corrected chi connectivity index (χ2v) is 4.17. The molecule has 16 heavy (non-hydrogen) atoms. The highest BCUT2D eigenvalue weighted by atomic mass is 19.1. The molecule has 86 valence electrons. The van der Waals surface area contributed by atoms with Crippen LogP contribution in [-0.2, 0) is 0 Å². The predicted octanol–water partition coefficient (Wildman–Crippen LogP) is 1.91. The van der Waals surface area contributed by atoms with Crippen molar-refractivity contribution in [3.8, 4) is 0 Å². The Morgan fingerprint density at radius 1 is 1.56 bits per heavy atom. The highest BCUT2D eigenvalue weighted by Gasteiger charge is 2.20. The van der Waals surface area contributed by atoms with Crippen molar-refractivity contribution in [2.45, 2.75) is 19.3 Å². The summed E-state index contributed by atoms with van der Waals surface area (Å²) in [5.41, 5.74) is 1.06. The van der Waals surface area contributed by atoms with Crippen LogP contribution in [0.5, 0.6) is 0 Å². The molecule has 1 heterocycles. The van der Waals surface area contributed by atoms with E-state index in [9.17, 15) is 9.18 Å². The van der Waals surface area contributed by atoms with E-state index in [-0.39, 0.29) is 17.0 Å². The third kappa shape index (κ3) is 1.93. The Hall–Kier alpha value is -1.42. The maximum Gasteiger partial charge on any atom is 0.336 e. The zero-order valence-electron chi connectivity index (χ0n) is 9.09. The zero-order valence-corrected chi connectivity index (χ0v) is 9.09. The van der Waals surface area contributed by atoms with Gasteiger partial charge in [0.05, 0.1) is 5.56 Å². The number of benzene rings is 1. The Bertz CT molecular complexity index is 425. The topological polar surface area (TPSA) is 49.3 Å². The maximum absolute atomic E-state index is 13.6. The van der Waals surface area contributed by atoms with Crippen molar-refractivity contribution in [1.82, 2.24) is 5.32 Å². The van der Waals surface area contributed by atoms with Gasteiger partial charge in [0.2, 0.25) is 0 Å². The second kappa shape index (κ2) is 4.22. The van der Waals surface area contributed by atoms with Gasteiger partial charge in [-0.05, 0) is 49.1 Å². The molecule has 0 aliphatic carbocycles. The number of halogens is 1. The van der Waals surface area contributed by atoms with E-state index < -0.39 is 11.8 Å². The fourth-order valence-electron chi connectivity index (χ4n) is 2.10. The lowest BCUT2D eigenvalue weighted by Crippen LogP contribution is -2.10. The van der Waals surface area contributed by atoms with Crippen LogP contribution in [-0.4, -0.2) is 24.2 Å². The molecule has 1 aliphatic rings. The van der Waals surface area contributed by atoms with Crippen molar-refractivity contribution in [2.75, 3.05) is 13.1 Å². The van der Waals surface area contributed by atoms with E-state index in [0.717, 1.165) is 25.1 Å². The molecule has 1 fully saturated rings. The van der Waals surface area contributed by atoms with Gasteiger partial charge in [-0.15, -0.1) is 0 Å². The monoisotopic (exact) mass is 223 g/mol. The van der Waals surface area contributed by atoms with Crippen LogP contribution in [0.4, 0.5) is 4.39 Å². The number of nitrogens with one attached hydrogen (secondary N) is 1. The van der Waals surface area contributed by atoms with Crippen molar-refractivity contribution in [2.24, 2.45) is 0 Å². The molecule has 0 spiro atoms. The third-order valence-corrected chi connectivity index (χ3v) is 3.13. The van der Waals surface area contributed by atoms with Crippen LogP contribution < -0.4 is 5.32 Å². The van der Waals surface area contributed by atoms with Crippen LogP contribution in [0, 0.1) is 12.7 Å². The molecule has 2 N–H and O–H groups in total. The second-order valence-electron chi connectivity index (χ2n) is 4.17. The summed E-state index contributed by atoms with van der Waals surface area (Å²) >= 11 is 0. The van der Waals surface area contributed by atoms with Crippen molar-refractivity contribution in [1.29, 1.82) is 0 Å². The first-order valence-electron chi connectivity index (χ1n) is 5.33. The Morgan fingerprint density at radius 2 is 2.31 bits per heavy atom. The smallest absolute Gasteiger partial charge is 0.336 e. The van der Waals surface area contributed by atoms with Gasteiger partial charge in [0.25, 0.3) is 0 Å². The molecular weight excluding hydrogens is 209 g/mol. The SMILES string of the molecule is Cc1c(F)cc(C2CCNC2)cc1C(=O)O. The van der Waals surface area contributed by atoms with Crippen LogP contribution in [0.2, 0.25) is 0 Å². The van der Waals surface area contributed by atoms with Gasteiger partial charge in [0, 0.05) is 6.54 Å². The minimum atomic E-state index is -1.07. The zero-order chi connectivity index (χ0) is 11.7. The van der Waals surface area contributed by atoms with Crippen molar-refractivity contribution in [3.05, 3.63) is 34.6 Å². The molecule has 1 aromatic rings. The molecule has 0 radical (unpaired) electrons. The van der Waals surface area contributed by atoms with Gasteiger partial charge in [-0.1, -0.05) is 0 Å². The van der Waals surface area contributed by atoms with E-state index in [1.165, 1.54) is 13.0 Å². The first-order chi connectivity index (χ1) is 7.59. The fraction of sp³-hybridized carbons (Fsp3) is 0.417. The summed E-state index contributed by atoms with van der Waals surface area (Å²) in [4.78, 5) is 11.0. The average Bonchev–Trinajstić information content (AvgIpc) is 2.74. The Kier molecular flexibility index (Phi) is 2.92. The van der Waals surface area contributed by atoms with E-state index in [0.29, 0.717) is 0 Å². The third-order valence-electron chi connectivity index (χ3n) is 3.13. The molecule has 4 heteroatoms. The van der Waals surface area contributed by atoms with E-state index in [4.69, 9.17) is 5.11 Å². The van der Waals surface area contributed by atoms with E-state index >= 15 is 0 Å². The molecule has 0 saturated carbocycles. The molecule has 1 atom stereocenters. The fourth-order valence-corrected chi connectivity index (χ4v) is 2.10. The van der Waals surface area contributed by atoms with E-state index in [2.05, 4.69) is 5.32 Å². The van der Waals surface area contributed by atoms with Gasteiger partial charge < -0.3 is 10.4 Å². The molecule has 0 amide bonds. The number of carbonyl (C=O) groups is 1. The lowest BCUT2D eigenvalue weighted by molar-refractivity contribution is 0.0695. The summed E-state index contributed by atoms with van der Waals surface area (Å²) in [7, 11) is 0. The minimum absolute atomic E-state index is 0.0712. The number of hydrogen-bond donors (Lipinski definition) is 2. The van der Waals surface area contributed by atoms with Crippen molar-refractivity contribution >= 4 is 5.97 Å². The molecule has 1 unspecified atom stereocenters. The Labute approximate surface area is 93.3 Å². The van der Waals surface area contributed by atoms with Gasteiger partial charge >= 0.3 is 5.97 Å². The number of aromatic carboxylic acids is 1.